The third-order valence-electron chi connectivity index (χ3n) is 5.31. The Morgan fingerprint density at radius 2 is 1.72 bits per heavy atom. The number of alkyl halides is 3. The number of halogens is 3. The monoisotopic (exact) mass is 444 g/mol. The second-order valence-corrected chi connectivity index (χ2v) is 7.72. The molecule has 32 heavy (non-hydrogen) atoms. The summed E-state index contributed by atoms with van der Waals surface area (Å²) in [4.78, 5) is 15.8. The Balaban J connectivity index is 1.36. The summed E-state index contributed by atoms with van der Waals surface area (Å²) in [5.41, 5.74) is 1.16. The number of aromatic nitrogens is 4. The van der Waals surface area contributed by atoms with Crippen LogP contribution in [0.15, 0.2) is 48.5 Å². The minimum Gasteiger partial charge on any atom is -0.372 e. The van der Waals surface area contributed by atoms with Crippen molar-refractivity contribution in [3.63, 3.8) is 0 Å². The average molecular weight is 444 g/mol. The van der Waals surface area contributed by atoms with E-state index in [9.17, 15) is 18.0 Å². The van der Waals surface area contributed by atoms with Gasteiger partial charge in [-0.05, 0) is 54.5 Å². The van der Waals surface area contributed by atoms with Gasteiger partial charge in [-0.15, -0.1) is 10.2 Å². The highest BCUT2D eigenvalue weighted by Crippen LogP contribution is 2.31. The van der Waals surface area contributed by atoms with Crippen LogP contribution in [0.25, 0.3) is 11.4 Å². The molecule has 0 unspecified atom stereocenters. The number of benzene rings is 2. The predicted molar refractivity (Wildman–Crippen MR) is 114 cm³/mol. The number of nitrogens with zero attached hydrogens (tertiary/aromatic N) is 5. The lowest BCUT2D eigenvalue weighted by molar-refractivity contribution is -0.137. The van der Waals surface area contributed by atoms with Crippen molar-refractivity contribution in [2.45, 2.75) is 38.4 Å². The Labute approximate surface area is 183 Å². The summed E-state index contributed by atoms with van der Waals surface area (Å²) in [6, 6.07) is 12.3. The zero-order chi connectivity index (χ0) is 22.6. The fourth-order valence-electron chi connectivity index (χ4n) is 3.67. The van der Waals surface area contributed by atoms with Crippen molar-refractivity contribution in [2.75, 3.05) is 23.3 Å². The van der Waals surface area contributed by atoms with Crippen molar-refractivity contribution >= 4 is 17.3 Å². The maximum absolute atomic E-state index is 12.9. The van der Waals surface area contributed by atoms with Crippen LogP contribution in [-0.4, -0.2) is 39.2 Å². The van der Waals surface area contributed by atoms with Gasteiger partial charge >= 0.3 is 6.18 Å². The lowest BCUT2D eigenvalue weighted by Gasteiger charge is -2.22. The summed E-state index contributed by atoms with van der Waals surface area (Å²) in [7, 11) is 0. The van der Waals surface area contributed by atoms with E-state index in [1.165, 1.54) is 37.8 Å². The normalized spacial score (nSPS) is 14.8. The van der Waals surface area contributed by atoms with Crippen molar-refractivity contribution in [1.82, 2.24) is 20.2 Å². The van der Waals surface area contributed by atoms with Crippen molar-refractivity contribution in [3.05, 3.63) is 54.1 Å². The van der Waals surface area contributed by atoms with Crippen LogP contribution in [0.4, 0.5) is 24.5 Å². The Bertz CT molecular complexity index is 1060. The number of carbonyl (C=O) groups is 1. The SMILES string of the molecule is O=C(Cn1nnc(-c2cccc(C(F)(F)F)c2)n1)Nc1ccc(N2CCCCCC2)cc1. The molecule has 0 spiro atoms. The van der Waals surface area contributed by atoms with E-state index >= 15 is 0 Å². The first kappa shape index (κ1) is 21.8. The molecule has 1 aliphatic heterocycles. The summed E-state index contributed by atoms with van der Waals surface area (Å²) in [6.07, 6.45) is 0.430. The van der Waals surface area contributed by atoms with E-state index in [1.807, 2.05) is 24.3 Å². The molecule has 7 nitrogen and oxygen atoms in total. The number of anilines is 2. The molecule has 2 aromatic carbocycles. The van der Waals surface area contributed by atoms with Crippen LogP contribution in [0.1, 0.15) is 31.2 Å². The van der Waals surface area contributed by atoms with Gasteiger partial charge in [-0.1, -0.05) is 25.0 Å². The molecule has 2 heterocycles. The quantitative estimate of drug-likeness (QED) is 0.632. The highest BCUT2D eigenvalue weighted by Gasteiger charge is 2.30. The molecule has 0 radical (unpaired) electrons. The molecule has 4 rings (SSSR count). The van der Waals surface area contributed by atoms with E-state index in [1.54, 1.807) is 0 Å². The molecular weight excluding hydrogens is 421 g/mol. The molecule has 1 fully saturated rings. The maximum Gasteiger partial charge on any atom is 0.416 e. The number of hydrogen-bond acceptors (Lipinski definition) is 5. The van der Waals surface area contributed by atoms with E-state index in [0.717, 1.165) is 35.7 Å². The van der Waals surface area contributed by atoms with Gasteiger partial charge in [0.25, 0.3) is 0 Å². The third-order valence-corrected chi connectivity index (χ3v) is 5.31. The van der Waals surface area contributed by atoms with Crippen LogP contribution in [0.2, 0.25) is 0 Å². The van der Waals surface area contributed by atoms with Gasteiger partial charge in [0, 0.05) is 30.0 Å². The van der Waals surface area contributed by atoms with Gasteiger partial charge in [0.05, 0.1) is 5.56 Å². The standard InChI is InChI=1S/C22H23F3N6O/c23-22(24,25)17-7-5-6-16(14-17)21-27-29-31(28-21)15-20(32)26-18-8-10-19(11-9-18)30-12-3-1-2-4-13-30/h5-11,14H,1-4,12-13,15H2,(H,26,32). The summed E-state index contributed by atoms with van der Waals surface area (Å²) < 4.78 is 38.7. The number of nitrogens with one attached hydrogen (secondary N) is 1. The van der Waals surface area contributed by atoms with Crippen LogP contribution >= 0.6 is 0 Å². The Morgan fingerprint density at radius 1 is 1.00 bits per heavy atom. The topological polar surface area (TPSA) is 75.9 Å². The molecule has 1 saturated heterocycles. The maximum atomic E-state index is 12.9. The van der Waals surface area contributed by atoms with Crippen LogP contribution in [-0.2, 0) is 17.5 Å². The Morgan fingerprint density at radius 3 is 2.41 bits per heavy atom. The molecule has 0 aliphatic carbocycles. The molecule has 1 aliphatic rings. The first-order valence-corrected chi connectivity index (χ1v) is 10.5. The molecule has 0 atom stereocenters. The van der Waals surface area contributed by atoms with Crippen molar-refractivity contribution in [1.29, 1.82) is 0 Å². The van der Waals surface area contributed by atoms with Crippen molar-refractivity contribution in [2.24, 2.45) is 0 Å². The van der Waals surface area contributed by atoms with Crippen molar-refractivity contribution in [3.8, 4) is 11.4 Å². The van der Waals surface area contributed by atoms with Gasteiger partial charge in [-0.2, -0.15) is 18.0 Å². The van der Waals surface area contributed by atoms with Crippen LogP contribution in [0.3, 0.4) is 0 Å². The molecule has 1 N–H and O–H groups in total. The minimum atomic E-state index is -4.46. The highest BCUT2D eigenvalue weighted by molar-refractivity contribution is 5.90. The van der Waals surface area contributed by atoms with Crippen LogP contribution in [0.5, 0.6) is 0 Å². The summed E-state index contributed by atoms with van der Waals surface area (Å²) in [5, 5.41) is 14.4. The summed E-state index contributed by atoms with van der Waals surface area (Å²) >= 11 is 0. The van der Waals surface area contributed by atoms with Gasteiger partial charge in [0.2, 0.25) is 11.7 Å². The second-order valence-electron chi connectivity index (χ2n) is 7.72. The van der Waals surface area contributed by atoms with E-state index in [-0.39, 0.29) is 23.8 Å². The summed E-state index contributed by atoms with van der Waals surface area (Å²) in [6.45, 7) is 1.87. The van der Waals surface area contributed by atoms with E-state index in [0.29, 0.717) is 5.69 Å². The lowest BCUT2D eigenvalue weighted by atomic mass is 10.1. The largest absolute Gasteiger partial charge is 0.416 e. The first-order chi connectivity index (χ1) is 15.4. The van der Waals surface area contributed by atoms with Crippen LogP contribution in [0, 0.1) is 0 Å². The van der Waals surface area contributed by atoms with Crippen molar-refractivity contribution < 1.29 is 18.0 Å². The molecule has 0 bridgehead atoms. The van der Waals surface area contributed by atoms with Crippen LogP contribution < -0.4 is 10.2 Å². The zero-order valence-electron chi connectivity index (χ0n) is 17.3. The fraction of sp³-hybridized carbons (Fsp3) is 0.364. The lowest BCUT2D eigenvalue weighted by Crippen LogP contribution is -2.24. The van der Waals surface area contributed by atoms with E-state index in [4.69, 9.17) is 0 Å². The Hall–Kier alpha value is -3.43. The second kappa shape index (κ2) is 9.37. The number of tetrazole rings is 1. The fourth-order valence-corrected chi connectivity index (χ4v) is 3.67. The smallest absolute Gasteiger partial charge is 0.372 e. The molecular formula is C22H23F3N6O. The first-order valence-electron chi connectivity index (χ1n) is 10.5. The zero-order valence-corrected chi connectivity index (χ0v) is 17.3. The number of rotatable bonds is 5. The molecule has 0 saturated carbocycles. The molecule has 10 heteroatoms. The minimum absolute atomic E-state index is 0.0192. The predicted octanol–water partition coefficient (Wildman–Crippen LogP) is 4.38. The molecule has 168 valence electrons. The number of hydrogen-bond donors (Lipinski definition) is 1. The van der Waals surface area contributed by atoms with Gasteiger partial charge in [0.1, 0.15) is 6.54 Å². The molecule has 1 amide bonds. The van der Waals surface area contributed by atoms with E-state index in [2.05, 4.69) is 25.6 Å². The summed E-state index contributed by atoms with van der Waals surface area (Å²) in [5.74, 6) is -0.341. The molecule has 3 aromatic rings. The van der Waals surface area contributed by atoms with E-state index < -0.39 is 11.7 Å². The number of amides is 1. The average Bonchev–Trinajstić information content (AvgIpc) is 3.06. The van der Waals surface area contributed by atoms with Gasteiger partial charge in [-0.25, -0.2) is 0 Å². The van der Waals surface area contributed by atoms with Gasteiger partial charge in [0.15, 0.2) is 0 Å². The number of carbonyl (C=O) groups excluding carboxylic acids is 1. The Kier molecular flexibility index (Phi) is 6.38. The third kappa shape index (κ3) is 5.43. The highest BCUT2D eigenvalue weighted by atomic mass is 19.4. The molecule has 1 aromatic heterocycles. The van der Waals surface area contributed by atoms with Gasteiger partial charge in [-0.3, -0.25) is 4.79 Å². The van der Waals surface area contributed by atoms with Gasteiger partial charge < -0.3 is 10.2 Å².